The second-order valence-electron chi connectivity index (χ2n) is 9.27. The van der Waals surface area contributed by atoms with Gasteiger partial charge in [-0.25, -0.2) is 4.98 Å². The fraction of sp³-hybridized carbons (Fsp3) is 0.385. The van der Waals surface area contributed by atoms with Gasteiger partial charge in [-0.15, -0.1) is 0 Å². The Morgan fingerprint density at radius 1 is 1.11 bits per heavy atom. The molecule has 10 heteroatoms. The molecule has 1 saturated heterocycles. The number of carbonyl (C=O) groups is 1. The molecular weight excluding hydrogens is 478 g/mol. The summed E-state index contributed by atoms with van der Waals surface area (Å²) in [6.07, 6.45) is 10.1. The van der Waals surface area contributed by atoms with E-state index in [0.717, 1.165) is 18.5 Å². The van der Waals surface area contributed by atoms with Crippen molar-refractivity contribution in [2.75, 3.05) is 30.8 Å². The summed E-state index contributed by atoms with van der Waals surface area (Å²) in [6, 6.07) is 8.70. The van der Waals surface area contributed by atoms with E-state index in [1.165, 1.54) is 69.3 Å². The highest BCUT2D eigenvalue weighted by Crippen LogP contribution is 2.30. The van der Waals surface area contributed by atoms with Gasteiger partial charge in [0, 0.05) is 25.0 Å². The lowest BCUT2D eigenvalue weighted by Gasteiger charge is -2.25. The number of nitrogens with zero attached hydrogens (tertiary/aromatic N) is 3. The van der Waals surface area contributed by atoms with Gasteiger partial charge in [-0.05, 0) is 80.9 Å². The zero-order chi connectivity index (χ0) is 25.1. The van der Waals surface area contributed by atoms with E-state index in [-0.39, 0.29) is 16.4 Å². The number of hydrogen-bond donors (Lipinski definition) is 4. The van der Waals surface area contributed by atoms with E-state index in [9.17, 15) is 9.59 Å². The van der Waals surface area contributed by atoms with Crippen molar-refractivity contribution >= 4 is 40.6 Å². The summed E-state index contributed by atoms with van der Waals surface area (Å²) >= 11 is 6.33. The molecule has 36 heavy (non-hydrogen) atoms. The Bertz CT molecular complexity index is 1320. The number of nitrogens with one attached hydrogen (secondary N) is 4. The van der Waals surface area contributed by atoms with Crippen molar-refractivity contribution < 1.29 is 4.79 Å². The van der Waals surface area contributed by atoms with Crippen LogP contribution in [0.4, 0.5) is 23.1 Å². The SMILES string of the molecule is CNC(=O)c1c(Nc2nc(Nc3ccc4c(c3)CCC(N3CCCC3)CC4)ncc2Cl)cc[nH]c1=O. The molecule has 1 aliphatic carbocycles. The third-order valence-corrected chi connectivity index (χ3v) is 7.30. The molecule has 1 aromatic carbocycles. The summed E-state index contributed by atoms with van der Waals surface area (Å²) in [6.45, 7) is 2.47. The van der Waals surface area contributed by atoms with Crippen LogP contribution >= 0.6 is 11.6 Å². The number of fused-ring (bicyclic) bond motifs is 1. The molecule has 0 bridgehead atoms. The van der Waals surface area contributed by atoms with Crippen molar-refractivity contribution in [2.45, 2.75) is 44.6 Å². The molecule has 1 unspecified atom stereocenters. The van der Waals surface area contributed by atoms with Crippen LogP contribution in [-0.4, -0.2) is 51.9 Å². The third kappa shape index (κ3) is 5.22. The topological polar surface area (TPSA) is 115 Å². The number of pyridine rings is 1. The number of carbonyl (C=O) groups excluding carboxylic acids is 1. The van der Waals surface area contributed by atoms with Crippen LogP contribution in [0.1, 0.15) is 47.2 Å². The molecule has 5 rings (SSSR count). The van der Waals surface area contributed by atoms with E-state index in [0.29, 0.717) is 17.7 Å². The molecule has 0 saturated carbocycles. The van der Waals surface area contributed by atoms with Gasteiger partial charge in [-0.3, -0.25) is 9.59 Å². The predicted octanol–water partition coefficient (Wildman–Crippen LogP) is 4.01. The van der Waals surface area contributed by atoms with E-state index in [1.54, 1.807) is 6.07 Å². The Morgan fingerprint density at radius 3 is 2.67 bits per heavy atom. The zero-order valence-corrected chi connectivity index (χ0v) is 21.0. The molecule has 0 spiro atoms. The van der Waals surface area contributed by atoms with Crippen molar-refractivity contribution in [1.29, 1.82) is 0 Å². The number of likely N-dealkylation sites (tertiary alicyclic amines) is 1. The van der Waals surface area contributed by atoms with E-state index < -0.39 is 11.5 Å². The quantitative estimate of drug-likeness (QED) is 0.373. The minimum atomic E-state index is -0.514. The lowest BCUT2D eigenvalue weighted by atomic mass is 10.0. The van der Waals surface area contributed by atoms with Crippen LogP contribution in [0, 0.1) is 0 Å². The summed E-state index contributed by atoms with van der Waals surface area (Å²) in [5, 5.41) is 9.02. The highest BCUT2D eigenvalue weighted by Gasteiger charge is 2.24. The van der Waals surface area contributed by atoms with Crippen molar-refractivity contribution in [3.05, 3.63) is 68.7 Å². The van der Waals surface area contributed by atoms with E-state index in [1.807, 2.05) is 0 Å². The smallest absolute Gasteiger partial charge is 0.262 e. The maximum atomic E-state index is 12.2. The second-order valence-corrected chi connectivity index (χ2v) is 9.68. The Morgan fingerprint density at radius 2 is 1.89 bits per heavy atom. The van der Waals surface area contributed by atoms with Gasteiger partial charge in [0.25, 0.3) is 11.5 Å². The zero-order valence-electron chi connectivity index (χ0n) is 20.2. The Hall–Kier alpha value is -3.43. The van der Waals surface area contributed by atoms with Crippen LogP contribution in [-0.2, 0) is 12.8 Å². The summed E-state index contributed by atoms with van der Waals surface area (Å²) in [7, 11) is 1.46. The fourth-order valence-electron chi connectivity index (χ4n) is 5.15. The monoisotopic (exact) mass is 507 g/mol. The normalized spacial score (nSPS) is 17.8. The molecule has 9 nitrogen and oxygen atoms in total. The van der Waals surface area contributed by atoms with Gasteiger partial charge in [-0.2, -0.15) is 4.98 Å². The molecule has 1 atom stereocenters. The Labute approximate surface area is 214 Å². The number of aromatic amines is 1. The lowest BCUT2D eigenvalue weighted by molar-refractivity contribution is 0.0962. The van der Waals surface area contributed by atoms with Gasteiger partial charge in [0.1, 0.15) is 10.6 Å². The third-order valence-electron chi connectivity index (χ3n) is 7.03. The van der Waals surface area contributed by atoms with Crippen LogP contribution in [0.3, 0.4) is 0 Å². The van der Waals surface area contributed by atoms with E-state index >= 15 is 0 Å². The van der Waals surface area contributed by atoms with E-state index in [4.69, 9.17) is 11.6 Å². The second kappa shape index (κ2) is 10.7. The Balaban J connectivity index is 1.33. The summed E-state index contributed by atoms with van der Waals surface area (Å²) in [4.78, 5) is 38.4. The van der Waals surface area contributed by atoms with Gasteiger partial charge < -0.3 is 25.8 Å². The van der Waals surface area contributed by atoms with Crippen LogP contribution in [0.2, 0.25) is 5.02 Å². The number of rotatable bonds is 6. The molecule has 2 aliphatic rings. The number of hydrogen-bond acceptors (Lipinski definition) is 7. The van der Waals surface area contributed by atoms with Crippen molar-refractivity contribution in [1.82, 2.24) is 25.2 Å². The summed E-state index contributed by atoms with van der Waals surface area (Å²) in [5.41, 5.74) is 3.42. The number of amides is 1. The average molecular weight is 508 g/mol. The first-order chi connectivity index (χ1) is 17.5. The number of H-pyrrole nitrogens is 1. The first-order valence-electron chi connectivity index (χ1n) is 12.4. The highest BCUT2D eigenvalue weighted by atomic mass is 35.5. The Kier molecular flexibility index (Phi) is 7.20. The van der Waals surface area contributed by atoms with E-state index in [2.05, 4.69) is 54.0 Å². The molecule has 4 N–H and O–H groups in total. The predicted molar refractivity (Wildman–Crippen MR) is 142 cm³/mol. The lowest BCUT2D eigenvalue weighted by Crippen LogP contribution is -2.32. The molecular formula is C26H30ClN7O2. The van der Waals surface area contributed by atoms with Gasteiger partial charge in [0.15, 0.2) is 5.82 Å². The molecule has 3 heterocycles. The van der Waals surface area contributed by atoms with Crippen LogP contribution < -0.4 is 21.5 Å². The standard InChI is InChI=1S/C26H30ClN7O2/c1-28-24(35)22-21(10-11-29-25(22)36)32-23-20(27)15-30-26(33-23)31-18-7-4-16-5-8-19(9-6-17(16)14-18)34-12-2-3-13-34/h4,7,10-11,14-15,19H,2-3,5-6,8-9,12-13H2,1H3,(H,28,35)(H3,29,30,31,32,33,36). The van der Waals surface area contributed by atoms with Gasteiger partial charge >= 0.3 is 0 Å². The number of aryl methyl sites for hydroxylation is 2. The maximum Gasteiger partial charge on any atom is 0.262 e. The van der Waals surface area contributed by atoms with Gasteiger partial charge in [0.2, 0.25) is 5.95 Å². The fourth-order valence-corrected chi connectivity index (χ4v) is 5.28. The van der Waals surface area contributed by atoms with Crippen LogP contribution in [0.25, 0.3) is 0 Å². The largest absolute Gasteiger partial charge is 0.355 e. The van der Waals surface area contributed by atoms with Gasteiger partial charge in [-0.1, -0.05) is 17.7 Å². The van der Waals surface area contributed by atoms with Crippen molar-refractivity contribution in [2.24, 2.45) is 0 Å². The number of aromatic nitrogens is 3. The minimum absolute atomic E-state index is 0.0535. The average Bonchev–Trinajstić information content (AvgIpc) is 3.33. The molecule has 1 fully saturated rings. The first-order valence-corrected chi connectivity index (χ1v) is 12.8. The van der Waals surface area contributed by atoms with Crippen molar-refractivity contribution in [3.8, 4) is 0 Å². The molecule has 1 amide bonds. The molecule has 188 valence electrons. The summed E-state index contributed by atoms with van der Waals surface area (Å²) in [5.74, 6) is 0.129. The highest BCUT2D eigenvalue weighted by molar-refractivity contribution is 6.33. The van der Waals surface area contributed by atoms with Crippen LogP contribution in [0.15, 0.2) is 41.5 Å². The molecule has 0 radical (unpaired) electrons. The minimum Gasteiger partial charge on any atom is -0.355 e. The summed E-state index contributed by atoms with van der Waals surface area (Å²) < 4.78 is 0. The molecule has 3 aromatic rings. The number of benzene rings is 1. The maximum absolute atomic E-state index is 12.2. The number of halogens is 1. The first kappa shape index (κ1) is 24.3. The van der Waals surface area contributed by atoms with Gasteiger partial charge in [0.05, 0.1) is 11.9 Å². The van der Waals surface area contributed by atoms with Crippen molar-refractivity contribution in [3.63, 3.8) is 0 Å². The molecule has 2 aromatic heterocycles. The molecule has 1 aliphatic heterocycles. The van der Waals surface area contributed by atoms with Crippen LogP contribution in [0.5, 0.6) is 0 Å². The number of anilines is 4.